The molecule has 118 valence electrons. The van der Waals surface area contributed by atoms with Crippen molar-refractivity contribution in [3.05, 3.63) is 24.5 Å². The van der Waals surface area contributed by atoms with E-state index >= 15 is 0 Å². The van der Waals surface area contributed by atoms with Gasteiger partial charge in [0.25, 0.3) is 0 Å². The summed E-state index contributed by atoms with van der Waals surface area (Å²) >= 11 is 1.70. The Morgan fingerprint density at radius 3 is 3.05 bits per heavy atom. The fourth-order valence-corrected chi connectivity index (χ4v) is 3.24. The molecule has 7 heteroatoms. The first-order valence-corrected chi connectivity index (χ1v) is 8.55. The number of rotatable bonds is 6. The first kappa shape index (κ1) is 15.5. The number of hydrogen-bond acceptors (Lipinski definition) is 6. The Morgan fingerprint density at radius 2 is 2.27 bits per heavy atom. The lowest BCUT2D eigenvalue weighted by molar-refractivity contribution is 0.0331. The second-order valence-electron chi connectivity index (χ2n) is 5.54. The number of aromatic nitrogens is 4. The maximum absolute atomic E-state index is 5.38. The number of pyridine rings is 1. The van der Waals surface area contributed by atoms with E-state index in [9.17, 15) is 0 Å². The predicted molar refractivity (Wildman–Crippen MR) is 86.8 cm³/mol. The van der Waals surface area contributed by atoms with Gasteiger partial charge in [0.05, 0.1) is 13.2 Å². The first-order chi connectivity index (χ1) is 10.8. The number of nitrogens with one attached hydrogen (secondary N) is 1. The highest BCUT2D eigenvalue weighted by atomic mass is 32.2. The van der Waals surface area contributed by atoms with Gasteiger partial charge in [-0.2, -0.15) is 0 Å². The van der Waals surface area contributed by atoms with Crippen molar-refractivity contribution in [3.8, 4) is 11.4 Å². The molecule has 2 aromatic heterocycles. The molecule has 1 aliphatic heterocycles. The summed E-state index contributed by atoms with van der Waals surface area (Å²) in [4.78, 5) is 11.1. The SMILES string of the molecule is CC(CSc1n[nH]c(-c2cccnc2)n1)CN1CCOCC1. The van der Waals surface area contributed by atoms with Crippen LogP contribution in [-0.2, 0) is 4.74 Å². The monoisotopic (exact) mass is 319 g/mol. The lowest BCUT2D eigenvalue weighted by atomic mass is 10.2. The number of hydrogen-bond donors (Lipinski definition) is 1. The zero-order valence-electron chi connectivity index (χ0n) is 12.7. The highest BCUT2D eigenvalue weighted by Gasteiger charge is 2.15. The zero-order valence-corrected chi connectivity index (χ0v) is 13.6. The Labute approximate surface area is 134 Å². The van der Waals surface area contributed by atoms with Crippen LogP contribution >= 0.6 is 11.8 Å². The third-order valence-electron chi connectivity index (χ3n) is 3.57. The van der Waals surface area contributed by atoms with E-state index in [0.29, 0.717) is 5.92 Å². The zero-order chi connectivity index (χ0) is 15.2. The van der Waals surface area contributed by atoms with Crippen molar-refractivity contribution in [2.45, 2.75) is 12.1 Å². The summed E-state index contributed by atoms with van der Waals surface area (Å²) < 4.78 is 5.38. The molecule has 3 rings (SSSR count). The first-order valence-electron chi connectivity index (χ1n) is 7.57. The standard InChI is InChI=1S/C15H21N5OS/c1-12(10-20-5-7-21-8-6-20)11-22-15-17-14(18-19-15)13-3-2-4-16-9-13/h2-4,9,12H,5-8,10-11H2,1H3,(H,17,18,19). The van der Waals surface area contributed by atoms with Crippen LogP contribution in [0.2, 0.25) is 0 Å². The number of ether oxygens (including phenoxy) is 1. The van der Waals surface area contributed by atoms with E-state index in [2.05, 4.69) is 32.0 Å². The van der Waals surface area contributed by atoms with Crippen molar-refractivity contribution in [2.75, 3.05) is 38.6 Å². The number of morpholine rings is 1. The van der Waals surface area contributed by atoms with Gasteiger partial charge in [0.1, 0.15) is 0 Å². The fraction of sp³-hybridized carbons (Fsp3) is 0.533. The molecule has 0 aromatic carbocycles. The van der Waals surface area contributed by atoms with E-state index in [0.717, 1.165) is 55.1 Å². The van der Waals surface area contributed by atoms with Gasteiger partial charge in [-0.15, -0.1) is 5.10 Å². The Hall–Kier alpha value is -1.44. The van der Waals surface area contributed by atoms with Crippen molar-refractivity contribution >= 4 is 11.8 Å². The van der Waals surface area contributed by atoms with Gasteiger partial charge >= 0.3 is 0 Å². The summed E-state index contributed by atoms with van der Waals surface area (Å²) in [5, 5.41) is 8.05. The second-order valence-corrected chi connectivity index (χ2v) is 6.52. The lowest BCUT2D eigenvalue weighted by Crippen LogP contribution is -2.39. The molecule has 6 nitrogen and oxygen atoms in total. The highest BCUT2D eigenvalue weighted by Crippen LogP contribution is 2.20. The molecular weight excluding hydrogens is 298 g/mol. The third-order valence-corrected chi connectivity index (χ3v) is 4.75. The largest absolute Gasteiger partial charge is 0.379 e. The summed E-state index contributed by atoms with van der Waals surface area (Å²) in [6.07, 6.45) is 3.54. The molecule has 1 unspecified atom stereocenters. The summed E-state index contributed by atoms with van der Waals surface area (Å²) in [5.74, 6) is 2.39. The number of thioether (sulfide) groups is 1. The van der Waals surface area contributed by atoms with Crippen LogP contribution in [-0.4, -0.2) is 63.7 Å². The molecule has 1 atom stereocenters. The van der Waals surface area contributed by atoms with Crippen LogP contribution in [0.5, 0.6) is 0 Å². The van der Waals surface area contributed by atoms with E-state index in [1.165, 1.54) is 0 Å². The quantitative estimate of drug-likeness (QED) is 0.821. The molecule has 0 amide bonds. The van der Waals surface area contributed by atoms with Crippen LogP contribution in [0.15, 0.2) is 29.7 Å². The molecule has 2 aromatic rings. The normalized spacial score (nSPS) is 17.5. The van der Waals surface area contributed by atoms with Gasteiger partial charge in [0.15, 0.2) is 5.82 Å². The van der Waals surface area contributed by atoms with Gasteiger partial charge in [0, 0.05) is 43.3 Å². The van der Waals surface area contributed by atoms with E-state index in [-0.39, 0.29) is 0 Å². The van der Waals surface area contributed by atoms with Gasteiger partial charge in [0.2, 0.25) is 5.16 Å². The molecule has 22 heavy (non-hydrogen) atoms. The second kappa shape index (κ2) is 7.71. The lowest BCUT2D eigenvalue weighted by Gasteiger charge is -2.28. The molecule has 3 heterocycles. The fourth-order valence-electron chi connectivity index (χ4n) is 2.44. The van der Waals surface area contributed by atoms with Gasteiger partial charge < -0.3 is 4.74 Å². The van der Waals surface area contributed by atoms with Crippen LogP contribution in [0, 0.1) is 5.92 Å². The van der Waals surface area contributed by atoms with Crippen molar-refractivity contribution in [2.24, 2.45) is 5.92 Å². The van der Waals surface area contributed by atoms with Crippen molar-refractivity contribution < 1.29 is 4.74 Å². The maximum atomic E-state index is 5.38. The summed E-state index contributed by atoms with van der Waals surface area (Å²) in [7, 11) is 0. The van der Waals surface area contributed by atoms with E-state index in [4.69, 9.17) is 4.74 Å². The minimum atomic E-state index is 0.600. The molecular formula is C15H21N5OS. The minimum absolute atomic E-state index is 0.600. The molecule has 0 spiro atoms. The number of aromatic amines is 1. The average molecular weight is 319 g/mol. The Balaban J connectivity index is 1.48. The van der Waals surface area contributed by atoms with Crippen LogP contribution in [0.25, 0.3) is 11.4 Å². The maximum Gasteiger partial charge on any atom is 0.208 e. The van der Waals surface area contributed by atoms with Crippen LogP contribution in [0.1, 0.15) is 6.92 Å². The third kappa shape index (κ3) is 4.28. The van der Waals surface area contributed by atoms with Crippen molar-refractivity contribution in [3.63, 3.8) is 0 Å². The average Bonchev–Trinajstić information content (AvgIpc) is 3.04. The van der Waals surface area contributed by atoms with Crippen LogP contribution in [0.4, 0.5) is 0 Å². The Bertz CT molecular complexity index is 570. The number of H-pyrrole nitrogens is 1. The Morgan fingerprint density at radius 1 is 1.41 bits per heavy atom. The van der Waals surface area contributed by atoms with Gasteiger partial charge in [-0.05, 0) is 18.1 Å². The highest BCUT2D eigenvalue weighted by molar-refractivity contribution is 7.99. The Kier molecular flexibility index (Phi) is 5.42. The molecule has 1 fully saturated rings. The molecule has 0 radical (unpaired) electrons. The van der Waals surface area contributed by atoms with Gasteiger partial charge in [-0.25, -0.2) is 4.98 Å². The summed E-state index contributed by atoms with van der Waals surface area (Å²) in [6, 6.07) is 3.87. The predicted octanol–water partition coefficient (Wildman–Crippen LogP) is 1.93. The smallest absolute Gasteiger partial charge is 0.208 e. The molecule has 1 saturated heterocycles. The van der Waals surface area contributed by atoms with E-state index < -0.39 is 0 Å². The van der Waals surface area contributed by atoms with Crippen molar-refractivity contribution in [1.29, 1.82) is 0 Å². The molecule has 0 saturated carbocycles. The summed E-state index contributed by atoms with van der Waals surface area (Å²) in [5.41, 5.74) is 0.961. The van der Waals surface area contributed by atoms with E-state index in [1.54, 1.807) is 24.2 Å². The molecule has 1 N–H and O–H groups in total. The van der Waals surface area contributed by atoms with Crippen LogP contribution < -0.4 is 0 Å². The number of nitrogens with zero attached hydrogens (tertiary/aromatic N) is 4. The topological polar surface area (TPSA) is 66.9 Å². The molecule has 0 aliphatic carbocycles. The van der Waals surface area contributed by atoms with E-state index in [1.807, 2.05) is 12.1 Å². The summed E-state index contributed by atoms with van der Waals surface area (Å²) in [6.45, 7) is 7.18. The van der Waals surface area contributed by atoms with Gasteiger partial charge in [-0.1, -0.05) is 18.7 Å². The van der Waals surface area contributed by atoms with Crippen molar-refractivity contribution in [1.82, 2.24) is 25.1 Å². The van der Waals surface area contributed by atoms with Crippen LogP contribution in [0.3, 0.4) is 0 Å². The molecule has 1 aliphatic rings. The minimum Gasteiger partial charge on any atom is -0.379 e. The molecule has 0 bridgehead atoms. The van der Waals surface area contributed by atoms with Gasteiger partial charge in [-0.3, -0.25) is 15.0 Å².